The van der Waals surface area contributed by atoms with Gasteiger partial charge in [-0.05, 0) is 53.6 Å². The molecule has 5 rings (SSSR count). The number of aliphatic carboxylic acids is 1. The molecule has 0 amide bonds. The highest BCUT2D eigenvalue weighted by Crippen LogP contribution is 2.35. The van der Waals surface area contributed by atoms with Gasteiger partial charge in [0.15, 0.2) is 28.8 Å². The van der Waals surface area contributed by atoms with E-state index in [4.69, 9.17) is 18.9 Å². The van der Waals surface area contributed by atoms with Gasteiger partial charge in [-0.2, -0.15) is 8.75 Å². The molecule has 1 aliphatic rings. The summed E-state index contributed by atoms with van der Waals surface area (Å²) in [5.74, 6) is 0.292. The van der Waals surface area contributed by atoms with E-state index in [1.54, 1.807) is 54.6 Å². The van der Waals surface area contributed by atoms with Gasteiger partial charge in [-0.15, -0.1) is 0 Å². The van der Waals surface area contributed by atoms with Gasteiger partial charge in [-0.25, -0.2) is 4.79 Å². The molecule has 10 heteroatoms. The van der Waals surface area contributed by atoms with Gasteiger partial charge >= 0.3 is 5.97 Å². The van der Waals surface area contributed by atoms with Gasteiger partial charge in [-0.1, -0.05) is 12.1 Å². The number of methoxy groups -OCH3 is 2. The van der Waals surface area contributed by atoms with E-state index in [-0.39, 0.29) is 23.1 Å². The summed E-state index contributed by atoms with van der Waals surface area (Å²) in [6, 6.07) is 15.0. The minimum Gasteiger partial charge on any atom is -0.493 e. The summed E-state index contributed by atoms with van der Waals surface area (Å²) in [7, 11) is 3.04. The van der Waals surface area contributed by atoms with Gasteiger partial charge in [0.2, 0.25) is 0 Å². The maximum Gasteiger partial charge on any atom is 0.336 e. The van der Waals surface area contributed by atoms with Crippen molar-refractivity contribution in [2.45, 2.75) is 6.42 Å². The molecule has 188 valence electrons. The van der Waals surface area contributed by atoms with Crippen LogP contribution in [0.3, 0.4) is 0 Å². The van der Waals surface area contributed by atoms with Crippen LogP contribution in [0.1, 0.15) is 21.5 Å². The monoisotopic (exact) mass is 518 g/mol. The highest BCUT2D eigenvalue weighted by molar-refractivity contribution is 7.00. The Hall–Kier alpha value is -4.44. The molecule has 0 spiro atoms. The molecule has 0 unspecified atom stereocenters. The van der Waals surface area contributed by atoms with Crippen molar-refractivity contribution in [1.82, 2.24) is 8.75 Å². The molecule has 1 aromatic heterocycles. The van der Waals surface area contributed by atoms with Gasteiger partial charge < -0.3 is 24.1 Å². The number of benzene rings is 3. The molecule has 0 radical (unpaired) electrons. The molecule has 0 aliphatic carbocycles. The molecule has 0 saturated carbocycles. The van der Waals surface area contributed by atoms with E-state index >= 15 is 0 Å². The van der Waals surface area contributed by atoms with E-state index in [0.717, 1.165) is 11.7 Å². The first-order valence-electron chi connectivity index (χ1n) is 11.3. The maximum absolute atomic E-state index is 13.9. The Bertz CT molecular complexity index is 1540. The lowest BCUT2D eigenvalue weighted by atomic mass is 9.89. The molecule has 0 saturated heterocycles. The third-order valence-electron chi connectivity index (χ3n) is 5.97. The predicted octanol–water partition coefficient (Wildman–Crippen LogP) is 4.44. The molecule has 9 nitrogen and oxygen atoms in total. The summed E-state index contributed by atoms with van der Waals surface area (Å²) < 4.78 is 30.4. The number of hydrogen-bond acceptors (Lipinski definition) is 9. The Morgan fingerprint density at radius 1 is 0.865 bits per heavy atom. The minimum absolute atomic E-state index is 0.0304. The number of carboxylic acids is 1. The van der Waals surface area contributed by atoms with Crippen LogP contribution in [0.4, 0.5) is 0 Å². The summed E-state index contributed by atoms with van der Waals surface area (Å²) in [4.78, 5) is 26.6. The van der Waals surface area contributed by atoms with E-state index in [1.165, 1.54) is 14.2 Å². The van der Waals surface area contributed by atoms with Crippen LogP contribution in [0.2, 0.25) is 0 Å². The zero-order valence-electron chi connectivity index (χ0n) is 20.0. The minimum atomic E-state index is -1.23. The van der Waals surface area contributed by atoms with Gasteiger partial charge in [0.25, 0.3) is 0 Å². The number of carbonyl (C=O) groups excluding carboxylic acids is 1. The second-order valence-corrected chi connectivity index (χ2v) is 8.71. The topological polar surface area (TPSA) is 117 Å². The van der Waals surface area contributed by atoms with Crippen LogP contribution in [-0.2, 0) is 11.2 Å². The predicted molar refractivity (Wildman–Crippen MR) is 137 cm³/mol. The van der Waals surface area contributed by atoms with Crippen molar-refractivity contribution in [3.8, 4) is 23.0 Å². The van der Waals surface area contributed by atoms with Crippen molar-refractivity contribution in [3.05, 3.63) is 76.9 Å². The summed E-state index contributed by atoms with van der Waals surface area (Å²) in [5.41, 5.74) is 2.50. The molecule has 4 aromatic rings. The van der Waals surface area contributed by atoms with E-state index < -0.39 is 11.8 Å². The molecular formula is C27H22N2O7S. The molecular weight excluding hydrogens is 496 g/mol. The standard InChI is InChI=1S/C27H22N2O7S/c1-33-21-7-3-15(12-23(21)34-2)11-18(26(30)17-5-8-22-24(14-17)36-10-9-35-22)25(27(31)32)16-4-6-19-20(13-16)29-37-28-19/h3-8,12-14H,9-11H2,1-2H3,(H,31,32). The summed E-state index contributed by atoms with van der Waals surface area (Å²) in [5, 5.41) is 10.3. The maximum atomic E-state index is 13.9. The number of hydrogen-bond donors (Lipinski definition) is 1. The first-order chi connectivity index (χ1) is 18.0. The van der Waals surface area contributed by atoms with E-state index in [9.17, 15) is 14.7 Å². The number of fused-ring (bicyclic) bond motifs is 2. The Labute approximate surface area is 216 Å². The first-order valence-corrected chi connectivity index (χ1v) is 12.1. The SMILES string of the molecule is COc1ccc(CC(C(=O)c2ccc3c(c2)OCCO3)=C(C(=O)O)c2ccc3nsnc3c2)cc1OC. The zero-order chi connectivity index (χ0) is 25.9. The highest BCUT2D eigenvalue weighted by Gasteiger charge is 2.26. The number of aromatic nitrogens is 2. The second kappa shape index (κ2) is 10.3. The third-order valence-corrected chi connectivity index (χ3v) is 6.52. The van der Waals surface area contributed by atoms with Crippen molar-refractivity contribution in [2.75, 3.05) is 27.4 Å². The van der Waals surface area contributed by atoms with Gasteiger partial charge in [0.1, 0.15) is 24.2 Å². The van der Waals surface area contributed by atoms with E-state index in [2.05, 4.69) is 8.75 Å². The lowest BCUT2D eigenvalue weighted by molar-refractivity contribution is -0.130. The number of carbonyl (C=O) groups is 2. The van der Waals surface area contributed by atoms with Crippen LogP contribution in [-0.4, -0.2) is 53.0 Å². The average molecular weight is 519 g/mol. The summed E-state index contributed by atoms with van der Waals surface area (Å²) in [6.45, 7) is 0.781. The van der Waals surface area contributed by atoms with Crippen LogP contribution < -0.4 is 18.9 Å². The van der Waals surface area contributed by atoms with E-state index in [0.29, 0.717) is 58.4 Å². The van der Waals surface area contributed by atoms with E-state index in [1.807, 2.05) is 0 Å². The van der Waals surface area contributed by atoms with Crippen LogP contribution in [0.5, 0.6) is 23.0 Å². The lowest BCUT2D eigenvalue weighted by Crippen LogP contribution is -2.17. The third kappa shape index (κ3) is 4.83. The fraction of sp³-hybridized carbons (Fsp3) is 0.185. The molecule has 2 heterocycles. The fourth-order valence-electron chi connectivity index (χ4n) is 4.20. The lowest BCUT2D eigenvalue weighted by Gasteiger charge is -2.19. The smallest absolute Gasteiger partial charge is 0.336 e. The van der Waals surface area contributed by atoms with Gasteiger partial charge in [0.05, 0.1) is 31.5 Å². The Morgan fingerprint density at radius 2 is 1.59 bits per heavy atom. The molecule has 1 aliphatic heterocycles. The normalized spacial score (nSPS) is 13.1. The molecule has 0 atom stereocenters. The van der Waals surface area contributed by atoms with Crippen molar-refractivity contribution in [3.63, 3.8) is 0 Å². The summed E-state index contributed by atoms with van der Waals surface area (Å²) >= 11 is 1.03. The Balaban J connectivity index is 1.67. The first kappa shape index (κ1) is 24.3. The number of rotatable bonds is 8. The number of Topliss-reactive ketones (excluding diaryl/α,β-unsaturated/α-hetero) is 1. The quantitative estimate of drug-likeness (QED) is 0.267. The number of ketones is 1. The molecule has 1 N–H and O–H groups in total. The van der Waals surface area contributed by atoms with Crippen LogP contribution >= 0.6 is 11.7 Å². The molecule has 3 aromatic carbocycles. The van der Waals surface area contributed by atoms with Crippen molar-refractivity contribution in [2.24, 2.45) is 0 Å². The Morgan fingerprint density at radius 3 is 2.35 bits per heavy atom. The number of nitrogens with zero attached hydrogens (tertiary/aromatic N) is 2. The van der Waals surface area contributed by atoms with Crippen LogP contribution in [0, 0.1) is 0 Å². The van der Waals surface area contributed by atoms with Crippen molar-refractivity contribution in [1.29, 1.82) is 0 Å². The number of carboxylic acid groups (broad SMARTS) is 1. The van der Waals surface area contributed by atoms with Crippen LogP contribution in [0.25, 0.3) is 16.6 Å². The molecule has 37 heavy (non-hydrogen) atoms. The largest absolute Gasteiger partial charge is 0.493 e. The number of ether oxygens (including phenoxy) is 4. The van der Waals surface area contributed by atoms with Gasteiger partial charge in [-0.3, -0.25) is 4.79 Å². The number of allylic oxidation sites excluding steroid dienone is 1. The molecule has 0 bridgehead atoms. The zero-order valence-corrected chi connectivity index (χ0v) is 20.8. The summed E-state index contributed by atoms with van der Waals surface area (Å²) in [6.07, 6.45) is 0.0304. The molecule has 0 fully saturated rings. The van der Waals surface area contributed by atoms with Gasteiger partial charge in [0, 0.05) is 17.6 Å². The van der Waals surface area contributed by atoms with Crippen LogP contribution in [0.15, 0.2) is 60.2 Å². The van der Waals surface area contributed by atoms with Crippen molar-refractivity contribution < 1.29 is 33.6 Å². The second-order valence-electron chi connectivity index (χ2n) is 8.18. The highest BCUT2D eigenvalue weighted by atomic mass is 32.1. The van der Waals surface area contributed by atoms with Crippen molar-refractivity contribution >= 4 is 40.1 Å². The average Bonchev–Trinajstić information content (AvgIpc) is 3.40. The Kier molecular flexibility index (Phi) is 6.74. The fourth-order valence-corrected chi connectivity index (χ4v) is 4.72.